The molecule has 0 aliphatic heterocycles. The van der Waals surface area contributed by atoms with E-state index in [0.29, 0.717) is 12.0 Å². The normalized spacial score (nSPS) is 12.9. The van der Waals surface area contributed by atoms with Crippen LogP contribution in [0.2, 0.25) is 0 Å². The maximum Gasteiger partial charge on any atom is 0.0623 e. The summed E-state index contributed by atoms with van der Waals surface area (Å²) in [6.07, 6.45) is 1.06. The first-order valence-electron chi connectivity index (χ1n) is 3.29. The van der Waals surface area contributed by atoms with Crippen molar-refractivity contribution in [1.29, 1.82) is 0 Å². The Bertz CT molecular complexity index is 114. The summed E-state index contributed by atoms with van der Waals surface area (Å²) in [5.41, 5.74) is 0. The van der Waals surface area contributed by atoms with Gasteiger partial charge < -0.3 is 0 Å². The highest BCUT2D eigenvalue weighted by atomic mass is 32.1. The van der Waals surface area contributed by atoms with Crippen molar-refractivity contribution in [2.24, 2.45) is 10.9 Å². The van der Waals surface area contributed by atoms with Crippen LogP contribution in [0.4, 0.5) is 0 Å². The molecule has 52 valence electrons. The highest BCUT2D eigenvalue weighted by Gasteiger charge is 2.06. The Morgan fingerprint density at radius 1 is 1.56 bits per heavy atom. The van der Waals surface area contributed by atoms with Gasteiger partial charge in [-0.2, -0.15) is 0 Å². The molecule has 1 unspecified atom stereocenters. The van der Waals surface area contributed by atoms with Crippen molar-refractivity contribution in [3.05, 3.63) is 0 Å². The van der Waals surface area contributed by atoms with Crippen molar-refractivity contribution >= 4 is 17.4 Å². The quantitative estimate of drug-likeness (QED) is 0.437. The molecule has 0 rings (SSSR count). The lowest BCUT2D eigenvalue weighted by Gasteiger charge is -2.10. The molecule has 0 aromatic rings. The summed E-state index contributed by atoms with van der Waals surface area (Å²) < 4.78 is 0. The van der Waals surface area contributed by atoms with E-state index in [2.05, 4.69) is 43.1 Å². The van der Waals surface area contributed by atoms with E-state index in [4.69, 9.17) is 0 Å². The number of hydrogen-bond donors (Lipinski definition) is 0. The van der Waals surface area contributed by atoms with Crippen LogP contribution < -0.4 is 0 Å². The van der Waals surface area contributed by atoms with Gasteiger partial charge in [-0.15, -0.1) is 0 Å². The van der Waals surface area contributed by atoms with Gasteiger partial charge in [-0.05, 0) is 24.6 Å². The number of nitrogens with zero attached hydrogens (tertiary/aromatic N) is 1. The summed E-state index contributed by atoms with van der Waals surface area (Å²) in [4.78, 5) is 4.01. The maximum atomic E-state index is 4.50. The van der Waals surface area contributed by atoms with Crippen molar-refractivity contribution in [2.75, 3.05) is 0 Å². The first-order valence-corrected chi connectivity index (χ1v) is 3.70. The Balaban J connectivity index is 3.82. The average molecular weight is 143 g/mol. The van der Waals surface area contributed by atoms with Gasteiger partial charge in [0.15, 0.2) is 0 Å². The van der Waals surface area contributed by atoms with E-state index in [1.54, 1.807) is 0 Å². The standard InChI is InChI=1S/C7H13NS/c1-4-7(6(2)3)8-5-9/h6-7H,4H2,1-3H3. The van der Waals surface area contributed by atoms with Crippen molar-refractivity contribution < 1.29 is 0 Å². The van der Waals surface area contributed by atoms with Gasteiger partial charge >= 0.3 is 0 Å². The lowest BCUT2D eigenvalue weighted by Crippen LogP contribution is -2.10. The van der Waals surface area contributed by atoms with Crippen molar-refractivity contribution in [2.45, 2.75) is 33.2 Å². The molecule has 0 fully saturated rings. The zero-order valence-electron chi connectivity index (χ0n) is 6.22. The molecule has 0 saturated carbocycles. The second-order valence-corrected chi connectivity index (χ2v) is 2.62. The molecule has 2 heteroatoms. The molecule has 0 spiro atoms. The second-order valence-electron chi connectivity index (χ2n) is 2.44. The van der Waals surface area contributed by atoms with E-state index >= 15 is 0 Å². The molecule has 9 heavy (non-hydrogen) atoms. The topological polar surface area (TPSA) is 12.4 Å². The Hall–Kier alpha value is -0.200. The van der Waals surface area contributed by atoms with Crippen LogP contribution >= 0.6 is 12.2 Å². The summed E-state index contributed by atoms with van der Waals surface area (Å²) >= 11 is 4.50. The molecular weight excluding hydrogens is 130 g/mol. The highest BCUT2D eigenvalue weighted by Crippen LogP contribution is 2.08. The van der Waals surface area contributed by atoms with E-state index in [1.807, 2.05) is 0 Å². The van der Waals surface area contributed by atoms with Crippen molar-refractivity contribution in [3.8, 4) is 0 Å². The Morgan fingerprint density at radius 3 is 2.22 bits per heavy atom. The second kappa shape index (κ2) is 4.66. The van der Waals surface area contributed by atoms with E-state index in [9.17, 15) is 0 Å². The Labute approximate surface area is 62.2 Å². The third-order valence-electron chi connectivity index (χ3n) is 1.41. The molecule has 0 bridgehead atoms. The lowest BCUT2D eigenvalue weighted by atomic mass is 10.0. The summed E-state index contributed by atoms with van der Waals surface area (Å²) in [6, 6.07) is 0.377. The SMILES string of the molecule is CCC(N=C=S)C(C)C. The minimum atomic E-state index is 0.377. The van der Waals surface area contributed by atoms with Crippen LogP contribution in [-0.2, 0) is 0 Å². The Morgan fingerprint density at radius 2 is 2.11 bits per heavy atom. The van der Waals surface area contributed by atoms with Gasteiger partial charge in [0, 0.05) is 0 Å². The van der Waals surface area contributed by atoms with Gasteiger partial charge in [0.25, 0.3) is 0 Å². The summed E-state index contributed by atoms with van der Waals surface area (Å²) in [6.45, 7) is 6.40. The van der Waals surface area contributed by atoms with Crippen LogP contribution in [0.15, 0.2) is 4.99 Å². The van der Waals surface area contributed by atoms with Gasteiger partial charge in [0.2, 0.25) is 0 Å². The molecule has 0 aliphatic rings. The fourth-order valence-corrected chi connectivity index (χ4v) is 0.915. The average Bonchev–Trinajstić information content (AvgIpc) is 1.82. The molecule has 0 aromatic heterocycles. The number of aliphatic imine (C=N–C) groups is 1. The van der Waals surface area contributed by atoms with E-state index < -0.39 is 0 Å². The third kappa shape index (κ3) is 3.39. The number of isothiocyanates is 1. The molecule has 0 aromatic carbocycles. The number of hydrogen-bond acceptors (Lipinski definition) is 2. The molecule has 1 atom stereocenters. The third-order valence-corrected chi connectivity index (χ3v) is 1.51. The minimum Gasteiger partial charge on any atom is -0.229 e. The van der Waals surface area contributed by atoms with Crippen LogP contribution in [0, 0.1) is 5.92 Å². The van der Waals surface area contributed by atoms with E-state index in [-0.39, 0.29) is 0 Å². The van der Waals surface area contributed by atoms with Crippen molar-refractivity contribution in [1.82, 2.24) is 0 Å². The lowest BCUT2D eigenvalue weighted by molar-refractivity contribution is 0.485. The van der Waals surface area contributed by atoms with Crippen LogP contribution in [-0.4, -0.2) is 11.2 Å². The van der Waals surface area contributed by atoms with Crippen LogP contribution in [0.25, 0.3) is 0 Å². The van der Waals surface area contributed by atoms with Gasteiger partial charge in [-0.1, -0.05) is 20.8 Å². The molecular formula is C7H13NS. The summed E-state index contributed by atoms with van der Waals surface area (Å²) in [5.74, 6) is 0.588. The largest absolute Gasteiger partial charge is 0.229 e. The fraction of sp³-hybridized carbons (Fsp3) is 0.857. The minimum absolute atomic E-state index is 0.377. The maximum absolute atomic E-state index is 4.50. The van der Waals surface area contributed by atoms with Crippen LogP contribution in [0.5, 0.6) is 0 Å². The zero-order chi connectivity index (χ0) is 7.28. The molecule has 0 N–H and O–H groups in total. The highest BCUT2D eigenvalue weighted by molar-refractivity contribution is 7.78. The van der Waals surface area contributed by atoms with Crippen LogP contribution in [0.1, 0.15) is 27.2 Å². The Kier molecular flexibility index (Phi) is 4.55. The van der Waals surface area contributed by atoms with Gasteiger partial charge in [-0.3, -0.25) is 0 Å². The predicted molar refractivity (Wildman–Crippen MR) is 43.9 cm³/mol. The first kappa shape index (κ1) is 8.80. The number of rotatable bonds is 3. The zero-order valence-corrected chi connectivity index (χ0v) is 7.03. The van der Waals surface area contributed by atoms with Crippen molar-refractivity contribution in [3.63, 3.8) is 0 Å². The fourth-order valence-electron chi connectivity index (χ4n) is 0.779. The molecule has 0 saturated heterocycles. The number of thiocarbonyl (C=S) groups is 1. The molecule has 1 nitrogen and oxygen atoms in total. The molecule has 0 aliphatic carbocycles. The van der Waals surface area contributed by atoms with Gasteiger partial charge in [0.05, 0.1) is 11.2 Å². The monoisotopic (exact) mass is 143 g/mol. The molecule has 0 amide bonds. The molecule has 0 radical (unpaired) electrons. The predicted octanol–water partition coefficient (Wildman–Crippen LogP) is 2.52. The molecule has 0 heterocycles. The smallest absolute Gasteiger partial charge is 0.0623 e. The van der Waals surface area contributed by atoms with E-state index in [0.717, 1.165) is 6.42 Å². The summed E-state index contributed by atoms with van der Waals surface area (Å²) in [7, 11) is 0. The van der Waals surface area contributed by atoms with Crippen LogP contribution in [0.3, 0.4) is 0 Å². The first-order chi connectivity index (χ1) is 4.22. The summed E-state index contributed by atoms with van der Waals surface area (Å²) in [5, 5.41) is 2.41. The van der Waals surface area contributed by atoms with E-state index in [1.165, 1.54) is 0 Å². The van der Waals surface area contributed by atoms with Gasteiger partial charge in [-0.25, -0.2) is 4.99 Å². The van der Waals surface area contributed by atoms with Gasteiger partial charge in [0.1, 0.15) is 0 Å².